The van der Waals surface area contributed by atoms with E-state index >= 15 is 0 Å². The van der Waals surface area contributed by atoms with Crippen LogP contribution in [0.2, 0.25) is 5.02 Å². The van der Waals surface area contributed by atoms with Crippen LogP contribution in [0.3, 0.4) is 0 Å². The smallest absolute Gasteiger partial charge is 0.263 e. The first-order valence-electron chi connectivity index (χ1n) is 8.17. The van der Waals surface area contributed by atoms with Gasteiger partial charge in [-0.3, -0.25) is 14.8 Å². The number of halogens is 1. The van der Waals surface area contributed by atoms with Gasteiger partial charge in [0.15, 0.2) is 10.9 Å². The van der Waals surface area contributed by atoms with Crippen molar-refractivity contribution in [1.29, 1.82) is 0 Å². The van der Waals surface area contributed by atoms with Crippen molar-refractivity contribution in [2.75, 3.05) is 10.0 Å². The van der Waals surface area contributed by atoms with Gasteiger partial charge in [-0.1, -0.05) is 22.8 Å². The Morgan fingerprint density at radius 1 is 1.14 bits per heavy atom. The molecule has 0 aliphatic heterocycles. The average molecular weight is 451 g/mol. The lowest BCUT2D eigenvalue weighted by molar-refractivity contribution is 0.0977. The molecule has 0 unspecified atom stereocenters. The van der Waals surface area contributed by atoms with Crippen molar-refractivity contribution in [3.8, 4) is 0 Å². The topological polar surface area (TPSA) is 113 Å². The van der Waals surface area contributed by atoms with Gasteiger partial charge in [0.1, 0.15) is 5.76 Å². The van der Waals surface area contributed by atoms with Gasteiger partial charge < -0.3 is 9.84 Å². The lowest BCUT2D eigenvalue weighted by Gasteiger charge is -2.11. The minimum Gasteiger partial charge on any atom is -0.360 e. The minimum atomic E-state index is -3.82. The van der Waals surface area contributed by atoms with Crippen LogP contribution in [0.25, 0.3) is 0 Å². The number of nitrogens with one attached hydrogen (secondary N) is 3. The van der Waals surface area contributed by atoms with E-state index in [9.17, 15) is 13.2 Å². The number of sulfonamides is 1. The zero-order valence-corrected chi connectivity index (χ0v) is 17.4. The van der Waals surface area contributed by atoms with E-state index in [4.69, 9.17) is 28.3 Å². The fraction of sp³-hybridized carbons (Fsp3) is 0.0556. The number of thiocarbonyl (C=S) groups is 1. The molecule has 0 saturated heterocycles. The third kappa shape index (κ3) is 5.53. The number of benzene rings is 2. The van der Waals surface area contributed by atoms with Crippen molar-refractivity contribution in [1.82, 2.24) is 10.5 Å². The van der Waals surface area contributed by atoms with Crippen LogP contribution in [0.4, 0.5) is 11.5 Å². The van der Waals surface area contributed by atoms with Crippen molar-refractivity contribution in [2.24, 2.45) is 0 Å². The lowest BCUT2D eigenvalue weighted by atomic mass is 10.2. The molecule has 0 aliphatic rings. The number of nitrogens with zero attached hydrogens (tertiary/aromatic N) is 1. The summed E-state index contributed by atoms with van der Waals surface area (Å²) in [5.74, 6) is 0.154. The van der Waals surface area contributed by atoms with E-state index in [2.05, 4.69) is 20.5 Å². The Labute approximate surface area is 177 Å². The van der Waals surface area contributed by atoms with E-state index in [0.29, 0.717) is 22.0 Å². The molecule has 1 heterocycles. The highest BCUT2D eigenvalue weighted by Gasteiger charge is 2.16. The van der Waals surface area contributed by atoms with Gasteiger partial charge in [0.2, 0.25) is 0 Å². The van der Waals surface area contributed by atoms with Gasteiger partial charge in [0.05, 0.1) is 4.90 Å². The molecule has 150 valence electrons. The Morgan fingerprint density at radius 3 is 2.48 bits per heavy atom. The van der Waals surface area contributed by atoms with E-state index in [1.54, 1.807) is 25.1 Å². The third-order valence-corrected chi connectivity index (χ3v) is 5.41. The largest absolute Gasteiger partial charge is 0.360 e. The maximum Gasteiger partial charge on any atom is 0.263 e. The Kier molecular flexibility index (Phi) is 6.16. The minimum absolute atomic E-state index is 0.0255. The zero-order valence-electron chi connectivity index (χ0n) is 15.0. The van der Waals surface area contributed by atoms with E-state index in [1.165, 1.54) is 36.4 Å². The van der Waals surface area contributed by atoms with Crippen molar-refractivity contribution >= 4 is 56.4 Å². The monoisotopic (exact) mass is 450 g/mol. The highest BCUT2D eigenvalue weighted by molar-refractivity contribution is 7.92. The summed E-state index contributed by atoms with van der Waals surface area (Å²) in [5, 5.41) is 9.43. The molecule has 3 aromatic rings. The molecule has 0 bridgehead atoms. The van der Waals surface area contributed by atoms with Crippen LogP contribution in [-0.2, 0) is 10.0 Å². The standard InChI is InChI=1S/C18H15ClN4O4S2/c1-11-9-16(22-27-11)23-29(25,26)15-7-5-14(6-8-15)20-18(28)21-17(24)12-3-2-4-13(19)10-12/h2-10H,1H3,(H,22,23)(H2,20,21,24,28). The van der Waals surface area contributed by atoms with Gasteiger partial charge in [0.25, 0.3) is 15.9 Å². The van der Waals surface area contributed by atoms with Crippen molar-refractivity contribution in [3.05, 3.63) is 70.9 Å². The van der Waals surface area contributed by atoms with Crippen LogP contribution in [0.15, 0.2) is 64.0 Å². The van der Waals surface area contributed by atoms with Crippen LogP contribution in [0.1, 0.15) is 16.1 Å². The molecule has 29 heavy (non-hydrogen) atoms. The summed E-state index contributed by atoms with van der Waals surface area (Å²) >= 11 is 11.0. The van der Waals surface area contributed by atoms with Crippen molar-refractivity contribution in [3.63, 3.8) is 0 Å². The van der Waals surface area contributed by atoms with Gasteiger partial charge in [-0.05, 0) is 61.6 Å². The second kappa shape index (κ2) is 8.60. The first kappa shape index (κ1) is 20.8. The van der Waals surface area contributed by atoms with Crippen LogP contribution in [-0.4, -0.2) is 24.6 Å². The molecule has 0 fully saturated rings. The molecule has 3 rings (SSSR count). The van der Waals surface area contributed by atoms with Gasteiger partial charge in [-0.15, -0.1) is 0 Å². The van der Waals surface area contributed by atoms with E-state index < -0.39 is 15.9 Å². The number of aryl methyl sites for hydroxylation is 1. The molecule has 0 radical (unpaired) electrons. The third-order valence-electron chi connectivity index (χ3n) is 3.60. The van der Waals surface area contributed by atoms with Gasteiger partial charge in [-0.25, -0.2) is 8.42 Å². The van der Waals surface area contributed by atoms with Gasteiger partial charge in [0, 0.05) is 22.3 Å². The molecule has 0 spiro atoms. The number of rotatable bonds is 5. The SMILES string of the molecule is Cc1cc(NS(=O)(=O)c2ccc(NC(=S)NC(=O)c3cccc(Cl)c3)cc2)no1. The molecule has 0 saturated carbocycles. The number of aromatic nitrogens is 1. The molecular weight excluding hydrogens is 436 g/mol. The van der Waals surface area contributed by atoms with Crippen LogP contribution in [0, 0.1) is 6.92 Å². The first-order valence-corrected chi connectivity index (χ1v) is 10.4. The van der Waals surface area contributed by atoms with Gasteiger partial charge >= 0.3 is 0 Å². The van der Waals surface area contributed by atoms with Crippen LogP contribution >= 0.6 is 23.8 Å². The predicted molar refractivity (Wildman–Crippen MR) is 114 cm³/mol. The Hall–Kier alpha value is -2.95. The number of amides is 1. The normalized spacial score (nSPS) is 11.0. The predicted octanol–water partition coefficient (Wildman–Crippen LogP) is 3.56. The molecule has 8 nitrogen and oxygen atoms in total. The van der Waals surface area contributed by atoms with E-state index in [-0.39, 0.29) is 15.8 Å². The summed E-state index contributed by atoms with van der Waals surface area (Å²) in [4.78, 5) is 12.2. The summed E-state index contributed by atoms with van der Waals surface area (Å²) in [6.07, 6.45) is 0. The summed E-state index contributed by atoms with van der Waals surface area (Å²) in [7, 11) is -3.82. The Morgan fingerprint density at radius 2 is 1.86 bits per heavy atom. The molecule has 11 heteroatoms. The molecule has 3 N–H and O–H groups in total. The maximum absolute atomic E-state index is 12.4. The molecule has 1 aromatic heterocycles. The molecule has 0 aliphatic carbocycles. The highest BCUT2D eigenvalue weighted by atomic mass is 35.5. The quantitative estimate of drug-likeness (QED) is 0.509. The fourth-order valence-electron chi connectivity index (χ4n) is 2.30. The second-order valence-electron chi connectivity index (χ2n) is 5.87. The summed E-state index contributed by atoms with van der Waals surface area (Å²) < 4.78 is 31.9. The molecular formula is C18H15ClN4O4S2. The van der Waals surface area contributed by atoms with E-state index in [0.717, 1.165) is 0 Å². The van der Waals surface area contributed by atoms with Crippen LogP contribution in [0.5, 0.6) is 0 Å². The Balaban J connectivity index is 1.62. The fourth-order valence-corrected chi connectivity index (χ4v) is 3.68. The molecule has 0 atom stereocenters. The average Bonchev–Trinajstić information content (AvgIpc) is 3.06. The van der Waals surface area contributed by atoms with Crippen molar-refractivity contribution in [2.45, 2.75) is 11.8 Å². The molecule has 2 aromatic carbocycles. The number of hydrogen-bond acceptors (Lipinski definition) is 6. The lowest BCUT2D eigenvalue weighted by Crippen LogP contribution is -2.34. The second-order valence-corrected chi connectivity index (χ2v) is 8.40. The maximum atomic E-state index is 12.4. The highest BCUT2D eigenvalue weighted by Crippen LogP contribution is 2.18. The van der Waals surface area contributed by atoms with E-state index in [1.807, 2.05) is 0 Å². The number of hydrogen-bond donors (Lipinski definition) is 3. The molecule has 1 amide bonds. The summed E-state index contributed by atoms with van der Waals surface area (Å²) in [5.41, 5.74) is 0.856. The number of anilines is 2. The number of carbonyl (C=O) groups excluding carboxylic acids is 1. The zero-order chi connectivity index (χ0) is 21.0. The number of carbonyl (C=O) groups is 1. The Bertz CT molecular complexity index is 1160. The van der Waals surface area contributed by atoms with Gasteiger partial charge in [-0.2, -0.15) is 0 Å². The first-order chi connectivity index (χ1) is 13.7. The van der Waals surface area contributed by atoms with Crippen molar-refractivity contribution < 1.29 is 17.7 Å². The summed E-state index contributed by atoms with van der Waals surface area (Å²) in [6.45, 7) is 1.65. The summed E-state index contributed by atoms with van der Waals surface area (Å²) in [6, 6.07) is 13.7. The van der Waals surface area contributed by atoms with Crippen LogP contribution < -0.4 is 15.4 Å².